The first-order valence-corrected chi connectivity index (χ1v) is 13.1. The van der Waals surface area contributed by atoms with E-state index in [-0.39, 0.29) is 28.7 Å². The van der Waals surface area contributed by atoms with Crippen LogP contribution in [0.2, 0.25) is 5.02 Å². The average molecular weight is 457 g/mol. The molecule has 29 heavy (non-hydrogen) atoms. The van der Waals surface area contributed by atoms with Gasteiger partial charge >= 0.3 is 0 Å². The lowest BCUT2D eigenvalue weighted by atomic mass is 10.0. The maximum Gasteiger partial charge on any atom is 0.248 e. The average Bonchev–Trinajstić information content (AvgIpc) is 3.34. The van der Waals surface area contributed by atoms with Gasteiger partial charge in [0.05, 0.1) is 30.3 Å². The number of methoxy groups -OCH3 is 1. The molecule has 3 fully saturated rings. The Morgan fingerprint density at radius 3 is 2.79 bits per heavy atom. The van der Waals surface area contributed by atoms with E-state index < -0.39 is 9.84 Å². The van der Waals surface area contributed by atoms with Gasteiger partial charge in [0.25, 0.3) is 0 Å². The Morgan fingerprint density at radius 1 is 1.31 bits per heavy atom. The van der Waals surface area contributed by atoms with Crippen molar-refractivity contribution in [3.8, 4) is 5.75 Å². The van der Waals surface area contributed by atoms with Crippen LogP contribution >= 0.6 is 23.4 Å². The molecule has 1 aliphatic carbocycles. The summed E-state index contributed by atoms with van der Waals surface area (Å²) in [7, 11) is -1.57. The monoisotopic (exact) mass is 456 g/mol. The van der Waals surface area contributed by atoms with E-state index in [0.717, 1.165) is 6.42 Å². The van der Waals surface area contributed by atoms with Gasteiger partial charge in [-0.05, 0) is 30.5 Å². The van der Waals surface area contributed by atoms with Gasteiger partial charge in [-0.1, -0.05) is 49.0 Å². The van der Waals surface area contributed by atoms with Crippen molar-refractivity contribution in [3.63, 3.8) is 0 Å². The molecule has 0 radical (unpaired) electrons. The fourth-order valence-corrected chi connectivity index (χ4v) is 8.58. The second kappa shape index (κ2) is 8.47. The minimum absolute atomic E-state index is 0.0373. The molecule has 0 unspecified atom stereocenters. The van der Waals surface area contributed by atoms with Crippen LogP contribution in [0.1, 0.15) is 38.5 Å². The van der Waals surface area contributed by atoms with Crippen molar-refractivity contribution in [2.75, 3.05) is 23.5 Å². The van der Waals surface area contributed by atoms with Crippen molar-refractivity contribution in [3.05, 3.63) is 23.2 Å². The molecule has 1 aromatic carbocycles. The van der Waals surface area contributed by atoms with Gasteiger partial charge < -0.3 is 9.64 Å². The molecule has 2 atom stereocenters. The van der Waals surface area contributed by atoms with E-state index in [1.54, 1.807) is 25.3 Å². The van der Waals surface area contributed by atoms with Gasteiger partial charge in [0.1, 0.15) is 5.75 Å². The molecule has 3 aliphatic rings. The number of anilines is 1. The molecule has 158 valence electrons. The highest BCUT2D eigenvalue weighted by molar-refractivity contribution is 8.16. The molecule has 2 heterocycles. The zero-order valence-corrected chi connectivity index (χ0v) is 18.7. The second-order valence-corrected chi connectivity index (χ2v) is 11.8. The first-order chi connectivity index (χ1) is 13.9. The number of hydrogen-bond donors (Lipinski definition) is 0. The van der Waals surface area contributed by atoms with Crippen molar-refractivity contribution in [2.45, 2.75) is 49.8 Å². The topological polar surface area (TPSA) is 76.0 Å². The predicted octanol–water partition coefficient (Wildman–Crippen LogP) is 3.92. The van der Waals surface area contributed by atoms with Gasteiger partial charge in [0, 0.05) is 16.7 Å². The Bertz CT molecular complexity index is 928. The quantitative estimate of drug-likeness (QED) is 0.668. The number of halogens is 1. The van der Waals surface area contributed by atoms with Crippen LogP contribution < -0.4 is 9.64 Å². The molecular formula is C20H25ClN2O4S2. The van der Waals surface area contributed by atoms with Gasteiger partial charge in [0.2, 0.25) is 5.91 Å². The van der Waals surface area contributed by atoms with Crippen molar-refractivity contribution in [2.24, 2.45) is 10.9 Å². The largest absolute Gasteiger partial charge is 0.495 e. The van der Waals surface area contributed by atoms with E-state index >= 15 is 0 Å². The fraction of sp³-hybridized carbons (Fsp3) is 0.600. The van der Waals surface area contributed by atoms with Crippen LogP contribution in [0.25, 0.3) is 0 Å². The van der Waals surface area contributed by atoms with Gasteiger partial charge in [-0.25, -0.2) is 8.42 Å². The van der Waals surface area contributed by atoms with E-state index in [0.29, 0.717) is 34.0 Å². The zero-order valence-electron chi connectivity index (χ0n) is 16.3. The third-order valence-corrected chi connectivity index (χ3v) is 9.37. The number of sulfone groups is 1. The highest BCUT2D eigenvalue weighted by Crippen LogP contribution is 2.44. The number of amides is 1. The lowest BCUT2D eigenvalue weighted by Crippen LogP contribution is -2.38. The predicted molar refractivity (Wildman–Crippen MR) is 118 cm³/mol. The third-order valence-electron chi connectivity index (χ3n) is 5.93. The number of carbonyl (C=O) groups excluding carboxylic acids is 1. The summed E-state index contributed by atoms with van der Waals surface area (Å²) in [6, 6.07) is 4.93. The summed E-state index contributed by atoms with van der Waals surface area (Å²) < 4.78 is 29.9. The van der Waals surface area contributed by atoms with E-state index in [9.17, 15) is 13.2 Å². The molecular weight excluding hydrogens is 432 g/mol. The smallest absolute Gasteiger partial charge is 0.248 e. The van der Waals surface area contributed by atoms with Gasteiger partial charge in [-0.2, -0.15) is 4.99 Å². The van der Waals surface area contributed by atoms with Crippen LogP contribution in [0, 0.1) is 5.92 Å². The number of amidine groups is 1. The highest BCUT2D eigenvalue weighted by Gasteiger charge is 2.50. The molecule has 6 nitrogen and oxygen atoms in total. The van der Waals surface area contributed by atoms with Gasteiger partial charge in [-0.3, -0.25) is 4.79 Å². The summed E-state index contributed by atoms with van der Waals surface area (Å²) in [5.41, 5.74) is 0.652. The first-order valence-electron chi connectivity index (χ1n) is 9.97. The van der Waals surface area contributed by atoms with Crippen molar-refractivity contribution in [1.82, 2.24) is 0 Å². The van der Waals surface area contributed by atoms with Crippen LogP contribution in [0.15, 0.2) is 23.2 Å². The second-order valence-electron chi connectivity index (χ2n) is 7.96. The standard InChI is InChI=1S/C20H25ClN2O4S2/c1-27-17-8-7-14(21)10-15(17)23-16-11-29(25,26)12-18(16)28-20(23)22-19(24)9-6-13-4-2-3-5-13/h7-8,10,13,16,18H,2-6,9,11-12H2,1H3/t16-,18+/m0/s1. The number of ether oxygens (including phenoxy) is 1. The first kappa shape index (κ1) is 21.0. The molecule has 2 saturated heterocycles. The molecule has 0 N–H and O–H groups in total. The van der Waals surface area contributed by atoms with Crippen molar-refractivity contribution < 1.29 is 17.9 Å². The van der Waals surface area contributed by atoms with Gasteiger partial charge in [0.15, 0.2) is 15.0 Å². The van der Waals surface area contributed by atoms with Crippen molar-refractivity contribution >= 4 is 50.0 Å². The normalized spacial score (nSPS) is 27.5. The third kappa shape index (κ3) is 4.59. The maximum absolute atomic E-state index is 12.6. The zero-order chi connectivity index (χ0) is 20.6. The number of carbonyl (C=O) groups is 1. The summed E-state index contributed by atoms with van der Waals surface area (Å²) in [5.74, 6) is 1.19. The van der Waals surface area contributed by atoms with Crippen LogP contribution in [-0.2, 0) is 14.6 Å². The van der Waals surface area contributed by atoms with Crippen molar-refractivity contribution in [1.29, 1.82) is 0 Å². The lowest BCUT2D eigenvalue weighted by molar-refractivity contribution is -0.118. The summed E-state index contributed by atoms with van der Waals surface area (Å²) >= 11 is 7.59. The fourth-order valence-electron chi connectivity index (χ4n) is 4.49. The number of rotatable bonds is 5. The number of fused-ring (bicyclic) bond motifs is 1. The van der Waals surface area contributed by atoms with Crippen LogP contribution in [0.4, 0.5) is 5.69 Å². The number of hydrogen-bond acceptors (Lipinski definition) is 5. The molecule has 0 aromatic heterocycles. The molecule has 9 heteroatoms. The number of benzene rings is 1. The summed E-state index contributed by atoms with van der Waals surface area (Å²) in [4.78, 5) is 18.8. The number of thioether (sulfide) groups is 1. The molecule has 0 spiro atoms. The van der Waals surface area contributed by atoms with Crippen LogP contribution in [-0.4, -0.2) is 49.4 Å². The van der Waals surface area contributed by atoms with E-state index in [1.807, 2.05) is 4.90 Å². The number of nitrogens with zero attached hydrogens (tertiary/aromatic N) is 2. The minimum Gasteiger partial charge on any atom is -0.495 e. The Kier molecular flexibility index (Phi) is 6.14. The summed E-state index contributed by atoms with van der Waals surface area (Å²) in [6.07, 6.45) is 6.22. The summed E-state index contributed by atoms with van der Waals surface area (Å²) in [6.45, 7) is 0. The Balaban J connectivity index is 1.62. The molecule has 4 rings (SSSR count). The van der Waals surface area contributed by atoms with Gasteiger partial charge in [-0.15, -0.1) is 0 Å². The maximum atomic E-state index is 12.6. The Labute approximate surface area is 181 Å². The van der Waals surface area contributed by atoms with E-state index in [1.165, 1.54) is 37.4 Å². The Hall–Kier alpha value is -1.25. The van der Waals surface area contributed by atoms with E-state index in [4.69, 9.17) is 16.3 Å². The van der Waals surface area contributed by atoms with Crippen LogP contribution in [0.5, 0.6) is 5.75 Å². The molecule has 1 amide bonds. The molecule has 1 saturated carbocycles. The minimum atomic E-state index is -3.13. The summed E-state index contributed by atoms with van der Waals surface area (Å²) in [5, 5.41) is 0.916. The Morgan fingerprint density at radius 2 is 2.07 bits per heavy atom. The van der Waals surface area contributed by atoms with E-state index in [2.05, 4.69) is 4.99 Å². The highest BCUT2D eigenvalue weighted by atomic mass is 35.5. The molecule has 2 aliphatic heterocycles. The van der Waals surface area contributed by atoms with Crippen LogP contribution in [0.3, 0.4) is 0 Å². The molecule has 0 bridgehead atoms. The SMILES string of the molecule is COc1ccc(Cl)cc1N1C(=NC(=O)CCC2CCCC2)S[C@@H]2CS(=O)(=O)C[C@@H]21. The number of aliphatic imine (C=N–C) groups is 1. The lowest BCUT2D eigenvalue weighted by Gasteiger charge is -2.26. The molecule has 1 aromatic rings.